The molecule has 0 spiro atoms. The van der Waals surface area contributed by atoms with E-state index in [9.17, 15) is 5.11 Å². The van der Waals surface area contributed by atoms with Gasteiger partial charge in [0.15, 0.2) is 0 Å². The zero-order chi connectivity index (χ0) is 12.5. The van der Waals surface area contributed by atoms with Crippen LogP contribution in [0.5, 0.6) is 0 Å². The van der Waals surface area contributed by atoms with Crippen molar-refractivity contribution >= 4 is 10.8 Å². The quantitative estimate of drug-likeness (QED) is 0.804. The van der Waals surface area contributed by atoms with Crippen LogP contribution in [0.25, 0.3) is 10.8 Å². The Hall–Kier alpha value is -1.38. The molecule has 0 radical (unpaired) electrons. The van der Waals surface area contributed by atoms with Crippen LogP contribution in [0.3, 0.4) is 0 Å². The van der Waals surface area contributed by atoms with Crippen molar-refractivity contribution in [1.82, 2.24) is 0 Å². The Balaban J connectivity index is 2.41. The molecule has 1 N–H and O–H groups in total. The summed E-state index contributed by atoms with van der Waals surface area (Å²) in [6, 6.07) is 14.3. The second kappa shape index (κ2) is 4.47. The Bertz CT molecular complexity index is 508. The third-order valence-electron chi connectivity index (χ3n) is 2.90. The monoisotopic (exact) mass is 230 g/mol. The number of hydrogen-bond donors (Lipinski definition) is 1. The van der Waals surface area contributed by atoms with E-state index in [1.165, 1.54) is 5.39 Å². The van der Waals surface area contributed by atoms with Gasteiger partial charge in [0.1, 0.15) is 12.6 Å². The standard InChI is InChI=1S/C15H20NO/c1-16(2,3)11-15(17)14-10-6-8-12-7-4-5-9-13(12)14/h4-10,15,17H,11H2,1-3H3/q+1. The van der Waals surface area contributed by atoms with E-state index in [0.717, 1.165) is 15.4 Å². The van der Waals surface area contributed by atoms with E-state index < -0.39 is 6.10 Å². The van der Waals surface area contributed by atoms with Crippen LogP contribution in [0.1, 0.15) is 11.7 Å². The van der Waals surface area contributed by atoms with E-state index in [2.05, 4.69) is 39.3 Å². The maximum atomic E-state index is 10.3. The number of quaternary nitrogens is 1. The molecule has 0 aromatic heterocycles. The summed E-state index contributed by atoms with van der Waals surface area (Å²) in [6.45, 7) is 0.716. The molecule has 0 heterocycles. The van der Waals surface area contributed by atoms with Crippen molar-refractivity contribution in [2.24, 2.45) is 0 Å². The number of fused-ring (bicyclic) bond motifs is 1. The highest BCUT2D eigenvalue weighted by Gasteiger charge is 2.18. The number of hydrogen-bond acceptors (Lipinski definition) is 1. The third kappa shape index (κ3) is 2.84. The minimum Gasteiger partial charge on any atom is -0.382 e. The molecule has 0 aliphatic heterocycles. The summed E-state index contributed by atoms with van der Waals surface area (Å²) >= 11 is 0. The third-order valence-corrected chi connectivity index (χ3v) is 2.90. The first-order chi connectivity index (χ1) is 7.97. The van der Waals surface area contributed by atoms with Gasteiger partial charge in [-0.2, -0.15) is 0 Å². The van der Waals surface area contributed by atoms with Crippen molar-refractivity contribution in [3.63, 3.8) is 0 Å². The minimum absolute atomic E-state index is 0.416. The van der Waals surface area contributed by atoms with E-state index in [4.69, 9.17) is 0 Å². The van der Waals surface area contributed by atoms with Gasteiger partial charge in [-0.1, -0.05) is 42.5 Å². The van der Waals surface area contributed by atoms with Crippen molar-refractivity contribution in [3.8, 4) is 0 Å². The molecular weight excluding hydrogens is 210 g/mol. The zero-order valence-electron chi connectivity index (χ0n) is 10.7. The fourth-order valence-electron chi connectivity index (χ4n) is 2.16. The van der Waals surface area contributed by atoms with Gasteiger partial charge in [0.2, 0.25) is 0 Å². The number of aliphatic hydroxyl groups is 1. The van der Waals surface area contributed by atoms with Gasteiger partial charge in [0.05, 0.1) is 21.1 Å². The Labute approximate surface area is 103 Å². The molecule has 2 rings (SSSR count). The van der Waals surface area contributed by atoms with Crippen LogP contribution in [0.2, 0.25) is 0 Å². The van der Waals surface area contributed by atoms with Crippen LogP contribution < -0.4 is 0 Å². The maximum Gasteiger partial charge on any atom is 0.128 e. The molecule has 2 aromatic rings. The lowest BCUT2D eigenvalue weighted by molar-refractivity contribution is -0.874. The maximum absolute atomic E-state index is 10.3. The van der Waals surface area contributed by atoms with Crippen molar-refractivity contribution in [3.05, 3.63) is 48.0 Å². The van der Waals surface area contributed by atoms with Crippen LogP contribution in [-0.4, -0.2) is 37.3 Å². The van der Waals surface area contributed by atoms with Gasteiger partial charge in [0, 0.05) is 0 Å². The Morgan fingerprint density at radius 1 is 1.00 bits per heavy atom. The van der Waals surface area contributed by atoms with Crippen LogP contribution in [-0.2, 0) is 0 Å². The molecule has 2 nitrogen and oxygen atoms in total. The molecule has 2 heteroatoms. The van der Waals surface area contributed by atoms with Crippen molar-refractivity contribution in [2.45, 2.75) is 6.10 Å². The lowest BCUT2D eigenvalue weighted by atomic mass is 10.00. The normalized spacial score (nSPS) is 13.9. The lowest BCUT2D eigenvalue weighted by Crippen LogP contribution is -2.38. The molecule has 1 atom stereocenters. The fourth-order valence-corrected chi connectivity index (χ4v) is 2.16. The molecule has 0 aliphatic carbocycles. The van der Waals surface area contributed by atoms with Gasteiger partial charge in [-0.05, 0) is 16.3 Å². The van der Waals surface area contributed by atoms with Crippen LogP contribution in [0.4, 0.5) is 0 Å². The van der Waals surface area contributed by atoms with Gasteiger partial charge in [-0.15, -0.1) is 0 Å². The summed E-state index contributed by atoms with van der Waals surface area (Å²) in [5, 5.41) is 12.7. The predicted molar refractivity (Wildman–Crippen MR) is 71.8 cm³/mol. The first kappa shape index (κ1) is 12.1. The molecule has 17 heavy (non-hydrogen) atoms. The molecular formula is C15H20NO+. The Morgan fingerprint density at radius 2 is 1.65 bits per heavy atom. The van der Waals surface area contributed by atoms with Crippen molar-refractivity contribution in [1.29, 1.82) is 0 Å². The number of benzene rings is 2. The summed E-state index contributed by atoms with van der Waals surface area (Å²) in [5.41, 5.74) is 1.02. The van der Waals surface area contributed by atoms with Gasteiger partial charge < -0.3 is 9.59 Å². The lowest BCUT2D eigenvalue weighted by Gasteiger charge is -2.27. The van der Waals surface area contributed by atoms with Crippen molar-refractivity contribution in [2.75, 3.05) is 27.7 Å². The molecule has 1 unspecified atom stereocenters. The molecule has 90 valence electrons. The Morgan fingerprint density at radius 3 is 2.35 bits per heavy atom. The summed E-state index contributed by atoms with van der Waals surface area (Å²) in [6.07, 6.45) is -0.416. The molecule has 0 saturated heterocycles. The second-order valence-electron chi connectivity index (χ2n) is 5.56. The second-order valence-corrected chi connectivity index (χ2v) is 5.56. The molecule has 0 aliphatic rings. The largest absolute Gasteiger partial charge is 0.382 e. The first-order valence-electron chi connectivity index (χ1n) is 5.93. The smallest absolute Gasteiger partial charge is 0.128 e. The van der Waals surface area contributed by atoms with E-state index in [-0.39, 0.29) is 0 Å². The Kier molecular flexibility index (Phi) is 3.18. The number of likely N-dealkylation sites (N-methyl/N-ethyl adjacent to an activating group) is 1. The van der Waals surface area contributed by atoms with Gasteiger partial charge in [-0.25, -0.2) is 0 Å². The van der Waals surface area contributed by atoms with Crippen LogP contribution in [0, 0.1) is 0 Å². The number of nitrogens with zero attached hydrogens (tertiary/aromatic N) is 1. The van der Waals surface area contributed by atoms with Crippen LogP contribution in [0.15, 0.2) is 42.5 Å². The summed E-state index contributed by atoms with van der Waals surface area (Å²) in [5.74, 6) is 0. The fraction of sp³-hybridized carbons (Fsp3) is 0.333. The summed E-state index contributed by atoms with van der Waals surface area (Å²) in [4.78, 5) is 0. The molecule has 2 aromatic carbocycles. The topological polar surface area (TPSA) is 20.2 Å². The predicted octanol–water partition coefficient (Wildman–Crippen LogP) is 2.58. The van der Waals surface area contributed by atoms with E-state index in [0.29, 0.717) is 6.54 Å². The van der Waals surface area contributed by atoms with E-state index in [1.54, 1.807) is 0 Å². The van der Waals surface area contributed by atoms with Crippen LogP contribution >= 0.6 is 0 Å². The summed E-state index contributed by atoms with van der Waals surface area (Å²) < 4.78 is 0.754. The van der Waals surface area contributed by atoms with E-state index in [1.807, 2.05) is 24.3 Å². The number of rotatable bonds is 3. The number of aliphatic hydroxyl groups excluding tert-OH is 1. The summed E-state index contributed by atoms with van der Waals surface area (Å²) in [7, 11) is 6.27. The average molecular weight is 230 g/mol. The highest BCUT2D eigenvalue weighted by atomic mass is 16.3. The first-order valence-corrected chi connectivity index (χ1v) is 5.93. The average Bonchev–Trinajstić information content (AvgIpc) is 2.26. The van der Waals surface area contributed by atoms with Gasteiger partial charge >= 0.3 is 0 Å². The minimum atomic E-state index is -0.416. The molecule has 0 bridgehead atoms. The van der Waals surface area contributed by atoms with Gasteiger partial charge in [-0.3, -0.25) is 0 Å². The van der Waals surface area contributed by atoms with Crippen molar-refractivity contribution < 1.29 is 9.59 Å². The van der Waals surface area contributed by atoms with Gasteiger partial charge in [0.25, 0.3) is 0 Å². The highest BCUT2D eigenvalue weighted by molar-refractivity contribution is 5.85. The van der Waals surface area contributed by atoms with E-state index >= 15 is 0 Å². The molecule has 0 saturated carbocycles. The SMILES string of the molecule is C[N+](C)(C)CC(O)c1cccc2ccccc12. The molecule has 0 fully saturated rings. The molecule has 0 amide bonds. The highest BCUT2D eigenvalue weighted by Crippen LogP contribution is 2.25. The zero-order valence-corrected chi connectivity index (χ0v) is 10.7.